The van der Waals surface area contributed by atoms with Crippen LogP contribution in [0.25, 0.3) is 0 Å². The molecule has 1 N–H and O–H groups in total. The Morgan fingerprint density at radius 1 is 1.28 bits per heavy atom. The number of hydrogen-bond acceptors (Lipinski definition) is 2. The van der Waals surface area contributed by atoms with Gasteiger partial charge in [-0.05, 0) is 47.3 Å². The van der Waals surface area contributed by atoms with E-state index in [0.29, 0.717) is 6.04 Å². The summed E-state index contributed by atoms with van der Waals surface area (Å²) in [5.74, 6) is 0. The molecule has 0 radical (unpaired) electrons. The number of hydrogen-bond donors (Lipinski definition) is 1. The van der Waals surface area contributed by atoms with E-state index in [2.05, 4.69) is 69.9 Å². The minimum Gasteiger partial charge on any atom is -0.309 e. The smallest absolute Gasteiger partial charge is 0.0302 e. The number of benzene rings is 1. The van der Waals surface area contributed by atoms with Crippen molar-refractivity contribution in [3.05, 3.63) is 56.7 Å². The molecule has 0 aliphatic heterocycles. The fraction of sp³-hybridized carbons (Fsp3) is 0.333. The number of thiophene rings is 1. The van der Waals surface area contributed by atoms with Gasteiger partial charge in [0.05, 0.1) is 0 Å². The summed E-state index contributed by atoms with van der Waals surface area (Å²) in [6, 6.07) is 13.4. The molecule has 0 aliphatic rings. The second-order valence-electron chi connectivity index (χ2n) is 4.54. The molecule has 1 aromatic heterocycles. The van der Waals surface area contributed by atoms with E-state index >= 15 is 0 Å². The molecule has 96 valence electrons. The maximum Gasteiger partial charge on any atom is 0.0302 e. The molecule has 0 bridgehead atoms. The summed E-state index contributed by atoms with van der Waals surface area (Å²) in [7, 11) is 0. The maximum absolute atomic E-state index is 3.57. The SMILES string of the molecule is CC(CCc1ccccc1)NCc1cc(Br)cs1. The highest BCUT2D eigenvalue weighted by Crippen LogP contribution is 2.19. The normalized spacial score (nSPS) is 12.6. The van der Waals surface area contributed by atoms with Crippen LogP contribution in [0.1, 0.15) is 23.8 Å². The maximum atomic E-state index is 3.57. The molecular weight excluding hydrogens is 306 g/mol. The molecule has 1 atom stereocenters. The van der Waals surface area contributed by atoms with Crippen LogP contribution in [0.5, 0.6) is 0 Å². The largest absolute Gasteiger partial charge is 0.309 e. The summed E-state index contributed by atoms with van der Waals surface area (Å²) < 4.78 is 1.18. The van der Waals surface area contributed by atoms with Gasteiger partial charge in [-0.2, -0.15) is 0 Å². The van der Waals surface area contributed by atoms with Gasteiger partial charge in [0.2, 0.25) is 0 Å². The molecule has 1 unspecified atom stereocenters. The number of rotatable bonds is 6. The first-order chi connectivity index (χ1) is 8.74. The molecule has 1 aromatic carbocycles. The summed E-state index contributed by atoms with van der Waals surface area (Å²) in [6.45, 7) is 3.22. The van der Waals surface area contributed by atoms with E-state index in [1.54, 1.807) is 11.3 Å². The fourth-order valence-corrected chi connectivity index (χ4v) is 3.25. The average Bonchev–Trinajstić information content (AvgIpc) is 2.81. The Bertz CT molecular complexity index is 466. The van der Waals surface area contributed by atoms with Crippen LogP contribution in [0.15, 0.2) is 46.3 Å². The predicted molar refractivity (Wildman–Crippen MR) is 83.1 cm³/mol. The Kier molecular flexibility index (Phi) is 5.42. The standard InChI is InChI=1S/C15H18BrNS/c1-12(7-8-13-5-3-2-4-6-13)17-10-15-9-14(16)11-18-15/h2-6,9,11-12,17H,7-8,10H2,1H3. The van der Waals surface area contributed by atoms with Gasteiger partial charge in [-0.15, -0.1) is 11.3 Å². The van der Waals surface area contributed by atoms with Crippen LogP contribution in [0.3, 0.4) is 0 Å². The van der Waals surface area contributed by atoms with E-state index in [9.17, 15) is 0 Å². The van der Waals surface area contributed by atoms with E-state index in [1.165, 1.54) is 21.3 Å². The lowest BCUT2D eigenvalue weighted by Gasteiger charge is -2.12. The fourth-order valence-electron chi connectivity index (χ4n) is 1.85. The zero-order valence-electron chi connectivity index (χ0n) is 10.5. The van der Waals surface area contributed by atoms with Crippen LogP contribution < -0.4 is 5.32 Å². The van der Waals surface area contributed by atoms with Crippen molar-refractivity contribution in [1.29, 1.82) is 0 Å². The lowest BCUT2D eigenvalue weighted by Crippen LogP contribution is -2.25. The Hall–Kier alpha value is -0.640. The molecule has 0 aliphatic carbocycles. The van der Waals surface area contributed by atoms with Crippen molar-refractivity contribution in [1.82, 2.24) is 5.32 Å². The van der Waals surface area contributed by atoms with Gasteiger partial charge in [0.25, 0.3) is 0 Å². The highest BCUT2D eigenvalue weighted by Gasteiger charge is 2.03. The molecule has 0 fully saturated rings. The first kappa shape index (κ1) is 13.8. The van der Waals surface area contributed by atoms with Crippen molar-refractivity contribution in [2.45, 2.75) is 32.4 Å². The van der Waals surface area contributed by atoms with E-state index in [-0.39, 0.29) is 0 Å². The van der Waals surface area contributed by atoms with Crippen LogP contribution in [0, 0.1) is 0 Å². The number of nitrogens with one attached hydrogen (secondary N) is 1. The van der Waals surface area contributed by atoms with Crippen LogP contribution >= 0.6 is 27.3 Å². The zero-order valence-corrected chi connectivity index (χ0v) is 12.9. The number of aryl methyl sites for hydroxylation is 1. The lowest BCUT2D eigenvalue weighted by atomic mass is 10.1. The zero-order chi connectivity index (χ0) is 12.8. The molecule has 2 rings (SSSR count). The summed E-state index contributed by atoms with van der Waals surface area (Å²) in [5, 5.41) is 5.70. The van der Waals surface area contributed by atoms with Crippen molar-refractivity contribution in [3.63, 3.8) is 0 Å². The van der Waals surface area contributed by atoms with E-state index in [4.69, 9.17) is 0 Å². The van der Waals surface area contributed by atoms with Gasteiger partial charge in [0.1, 0.15) is 0 Å². The van der Waals surface area contributed by atoms with Crippen LogP contribution in [0.4, 0.5) is 0 Å². The van der Waals surface area contributed by atoms with Gasteiger partial charge >= 0.3 is 0 Å². The van der Waals surface area contributed by atoms with Gasteiger partial charge < -0.3 is 5.32 Å². The first-order valence-electron chi connectivity index (χ1n) is 6.24. The van der Waals surface area contributed by atoms with E-state index in [0.717, 1.165) is 13.0 Å². The van der Waals surface area contributed by atoms with Crippen LogP contribution in [0.2, 0.25) is 0 Å². The van der Waals surface area contributed by atoms with Gasteiger partial charge in [-0.1, -0.05) is 30.3 Å². The van der Waals surface area contributed by atoms with Crippen molar-refractivity contribution >= 4 is 27.3 Å². The Morgan fingerprint density at radius 2 is 2.06 bits per heavy atom. The molecular formula is C15H18BrNS. The molecule has 1 heterocycles. The summed E-state index contributed by atoms with van der Waals surface area (Å²) in [4.78, 5) is 1.38. The van der Waals surface area contributed by atoms with Gasteiger partial charge in [0, 0.05) is 27.3 Å². The molecule has 0 saturated carbocycles. The Balaban J connectivity index is 1.71. The van der Waals surface area contributed by atoms with Gasteiger partial charge in [-0.3, -0.25) is 0 Å². The lowest BCUT2D eigenvalue weighted by molar-refractivity contribution is 0.516. The van der Waals surface area contributed by atoms with Crippen molar-refractivity contribution < 1.29 is 0 Å². The van der Waals surface area contributed by atoms with Crippen molar-refractivity contribution in [2.75, 3.05) is 0 Å². The van der Waals surface area contributed by atoms with Gasteiger partial charge in [-0.25, -0.2) is 0 Å². The monoisotopic (exact) mass is 323 g/mol. The third-order valence-corrected chi connectivity index (χ3v) is 4.65. The second-order valence-corrected chi connectivity index (χ2v) is 6.45. The van der Waals surface area contributed by atoms with Crippen LogP contribution in [-0.4, -0.2) is 6.04 Å². The minimum atomic E-state index is 0.547. The third-order valence-electron chi connectivity index (χ3n) is 2.96. The average molecular weight is 324 g/mol. The Morgan fingerprint density at radius 3 is 2.72 bits per heavy atom. The topological polar surface area (TPSA) is 12.0 Å². The van der Waals surface area contributed by atoms with Crippen LogP contribution in [-0.2, 0) is 13.0 Å². The van der Waals surface area contributed by atoms with E-state index in [1.807, 2.05) is 0 Å². The summed E-state index contributed by atoms with van der Waals surface area (Å²) in [6.07, 6.45) is 2.32. The number of halogens is 1. The first-order valence-corrected chi connectivity index (χ1v) is 7.91. The van der Waals surface area contributed by atoms with Crippen molar-refractivity contribution in [3.8, 4) is 0 Å². The van der Waals surface area contributed by atoms with Crippen molar-refractivity contribution in [2.24, 2.45) is 0 Å². The molecule has 0 saturated heterocycles. The third kappa shape index (κ3) is 4.56. The Labute approximate surface area is 121 Å². The molecule has 2 aromatic rings. The molecule has 18 heavy (non-hydrogen) atoms. The quantitative estimate of drug-likeness (QED) is 0.817. The van der Waals surface area contributed by atoms with E-state index < -0.39 is 0 Å². The molecule has 0 spiro atoms. The molecule has 0 amide bonds. The summed E-state index contributed by atoms with van der Waals surface area (Å²) in [5.41, 5.74) is 1.42. The molecule has 3 heteroatoms. The highest BCUT2D eigenvalue weighted by atomic mass is 79.9. The minimum absolute atomic E-state index is 0.547. The van der Waals surface area contributed by atoms with Gasteiger partial charge in [0.15, 0.2) is 0 Å². The molecule has 1 nitrogen and oxygen atoms in total. The highest BCUT2D eigenvalue weighted by molar-refractivity contribution is 9.10. The second kappa shape index (κ2) is 7.07. The predicted octanol–water partition coefficient (Wildman–Crippen LogP) is 4.62. The summed E-state index contributed by atoms with van der Waals surface area (Å²) >= 11 is 5.28.